The van der Waals surface area contributed by atoms with E-state index in [0.717, 1.165) is 5.56 Å². The zero-order valence-corrected chi connectivity index (χ0v) is 15.0. The van der Waals surface area contributed by atoms with Gasteiger partial charge in [0.05, 0.1) is 5.56 Å². The van der Waals surface area contributed by atoms with Crippen LogP contribution in [0.5, 0.6) is 0 Å². The summed E-state index contributed by atoms with van der Waals surface area (Å²) in [5.74, 6) is -0.122. The van der Waals surface area contributed by atoms with Crippen LogP contribution in [0.4, 0.5) is 5.69 Å². The second-order valence-electron chi connectivity index (χ2n) is 4.99. The highest BCUT2D eigenvalue weighted by Gasteiger charge is 2.22. The van der Waals surface area contributed by atoms with E-state index < -0.39 is 10.0 Å². The molecule has 1 heterocycles. The summed E-state index contributed by atoms with van der Waals surface area (Å²) in [5, 5.41) is 2.46. The summed E-state index contributed by atoms with van der Waals surface area (Å²) in [4.78, 5) is 12.1. The van der Waals surface area contributed by atoms with E-state index >= 15 is 0 Å². The van der Waals surface area contributed by atoms with Crippen LogP contribution < -0.4 is 15.8 Å². The van der Waals surface area contributed by atoms with Crippen molar-refractivity contribution in [1.82, 2.24) is 10.0 Å². The molecule has 0 unspecified atom stereocenters. The van der Waals surface area contributed by atoms with Crippen LogP contribution in [0.3, 0.4) is 0 Å². The van der Waals surface area contributed by atoms with Crippen molar-refractivity contribution in [2.45, 2.75) is 18.4 Å². The van der Waals surface area contributed by atoms with Crippen molar-refractivity contribution in [3.63, 3.8) is 0 Å². The molecule has 1 aromatic heterocycles. The van der Waals surface area contributed by atoms with Gasteiger partial charge < -0.3 is 15.5 Å². The molecule has 0 aliphatic rings. The van der Waals surface area contributed by atoms with Gasteiger partial charge in [-0.2, -0.15) is 0 Å². The highest BCUT2D eigenvalue weighted by molar-refractivity contribution is 7.89. The van der Waals surface area contributed by atoms with Gasteiger partial charge in [0, 0.05) is 18.3 Å². The molecule has 9 heteroatoms. The Morgan fingerprint density at radius 1 is 1.25 bits per heavy atom. The molecule has 0 radical (unpaired) electrons. The second-order valence-corrected chi connectivity index (χ2v) is 6.81. The molecule has 1 amide bonds. The summed E-state index contributed by atoms with van der Waals surface area (Å²) in [5.41, 5.74) is 7.54. The average molecular weight is 374 g/mol. The summed E-state index contributed by atoms with van der Waals surface area (Å²) in [6, 6.07) is 8.60. The summed E-state index contributed by atoms with van der Waals surface area (Å²) in [6.45, 7) is 1.96. The first kappa shape index (κ1) is 20.0. The molecule has 2 rings (SSSR count). The lowest BCUT2D eigenvalue weighted by molar-refractivity contribution is 0.0952. The molecule has 0 atom stereocenters. The Hall–Kier alpha value is -2.03. The molecule has 4 N–H and O–H groups in total. The Morgan fingerprint density at radius 2 is 1.88 bits per heavy atom. The van der Waals surface area contributed by atoms with Crippen LogP contribution in [0.2, 0.25) is 0 Å². The number of nitrogens with one attached hydrogen (secondary N) is 2. The highest BCUT2D eigenvalue weighted by Crippen LogP contribution is 2.18. The third-order valence-corrected chi connectivity index (χ3v) is 4.62. The molecule has 7 nitrogen and oxygen atoms in total. The minimum absolute atomic E-state index is 0. The molecular formula is C15H20ClN3O4S. The maximum absolute atomic E-state index is 12.1. The maximum Gasteiger partial charge on any atom is 0.273 e. The molecule has 24 heavy (non-hydrogen) atoms. The Morgan fingerprint density at radius 3 is 2.46 bits per heavy atom. The molecule has 0 saturated carbocycles. The Kier molecular flexibility index (Phi) is 6.82. The minimum Gasteiger partial charge on any atom is -0.448 e. The van der Waals surface area contributed by atoms with Crippen LogP contribution in [0.15, 0.2) is 39.8 Å². The van der Waals surface area contributed by atoms with Gasteiger partial charge in [-0.3, -0.25) is 4.79 Å². The smallest absolute Gasteiger partial charge is 0.273 e. The van der Waals surface area contributed by atoms with Crippen molar-refractivity contribution >= 4 is 34.0 Å². The Balaban J connectivity index is 0.00000288. The number of hydrogen-bond acceptors (Lipinski definition) is 5. The van der Waals surface area contributed by atoms with E-state index in [2.05, 4.69) is 10.0 Å². The van der Waals surface area contributed by atoms with Gasteiger partial charge in [0.2, 0.25) is 5.09 Å². The van der Waals surface area contributed by atoms with E-state index in [9.17, 15) is 13.2 Å². The van der Waals surface area contributed by atoms with Crippen LogP contribution in [0, 0.1) is 6.92 Å². The predicted molar refractivity (Wildman–Crippen MR) is 93.8 cm³/mol. The lowest BCUT2D eigenvalue weighted by Crippen LogP contribution is -2.26. The topological polar surface area (TPSA) is 114 Å². The largest absolute Gasteiger partial charge is 0.448 e. The molecule has 0 saturated heterocycles. The standard InChI is InChI=1S/C15H19N3O4S.ClH/c1-10-13(9-14(22-10)23(20,21)17-2)15(19)18-8-7-11-3-5-12(16)6-4-11;/h3-6,9,17H,7-8,16H2,1-2H3,(H,18,19);1H. The molecule has 0 bridgehead atoms. The maximum atomic E-state index is 12.1. The number of nitrogens with two attached hydrogens (primary N) is 1. The van der Waals surface area contributed by atoms with E-state index in [0.29, 0.717) is 18.7 Å². The summed E-state index contributed by atoms with van der Waals surface area (Å²) in [6.07, 6.45) is 0.643. The first-order chi connectivity index (χ1) is 10.8. The van der Waals surface area contributed by atoms with Gasteiger partial charge >= 0.3 is 0 Å². The monoisotopic (exact) mass is 373 g/mol. The molecule has 0 aliphatic heterocycles. The number of rotatable bonds is 6. The summed E-state index contributed by atoms with van der Waals surface area (Å²) < 4.78 is 30.6. The van der Waals surface area contributed by atoms with E-state index in [1.807, 2.05) is 12.1 Å². The highest BCUT2D eigenvalue weighted by atomic mass is 35.5. The van der Waals surface area contributed by atoms with Crippen LogP contribution in [0.1, 0.15) is 21.7 Å². The number of hydrogen-bond donors (Lipinski definition) is 3. The minimum atomic E-state index is -3.71. The van der Waals surface area contributed by atoms with Gasteiger partial charge in [0.15, 0.2) is 0 Å². The summed E-state index contributed by atoms with van der Waals surface area (Å²) >= 11 is 0. The number of nitrogen functional groups attached to an aromatic ring is 1. The van der Waals surface area contributed by atoms with E-state index in [1.54, 1.807) is 19.1 Å². The zero-order chi connectivity index (χ0) is 17.0. The Labute approximate surface area is 147 Å². The van der Waals surface area contributed by atoms with Crippen LogP contribution in [-0.2, 0) is 16.4 Å². The fourth-order valence-electron chi connectivity index (χ4n) is 2.01. The number of furan rings is 1. The van der Waals surface area contributed by atoms with Crippen molar-refractivity contribution in [3.05, 3.63) is 47.2 Å². The van der Waals surface area contributed by atoms with Crippen LogP contribution >= 0.6 is 12.4 Å². The second kappa shape index (κ2) is 8.18. The van der Waals surface area contributed by atoms with Gasteiger partial charge in [0.25, 0.3) is 15.9 Å². The van der Waals surface area contributed by atoms with E-state index in [1.165, 1.54) is 13.1 Å². The Bertz CT molecular complexity index is 801. The molecule has 0 spiro atoms. The van der Waals surface area contributed by atoms with Gasteiger partial charge in [-0.1, -0.05) is 12.1 Å². The number of amides is 1. The molecule has 0 fully saturated rings. The number of halogens is 1. The number of benzene rings is 1. The molecule has 2 aromatic rings. The number of carbonyl (C=O) groups is 1. The first-order valence-electron chi connectivity index (χ1n) is 7.00. The van der Waals surface area contributed by atoms with Crippen molar-refractivity contribution in [3.8, 4) is 0 Å². The fourth-order valence-corrected chi connectivity index (χ4v) is 2.72. The molecule has 132 valence electrons. The summed E-state index contributed by atoms with van der Waals surface area (Å²) in [7, 11) is -2.43. The van der Waals surface area contributed by atoms with Crippen molar-refractivity contribution in [2.75, 3.05) is 19.3 Å². The third kappa shape index (κ3) is 4.73. The van der Waals surface area contributed by atoms with Crippen molar-refractivity contribution in [1.29, 1.82) is 0 Å². The zero-order valence-electron chi connectivity index (χ0n) is 13.3. The number of anilines is 1. The lowest BCUT2D eigenvalue weighted by Gasteiger charge is -2.05. The van der Waals surface area contributed by atoms with Crippen molar-refractivity contribution < 1.29 is 17.6 Å². The van der Waals surface area contributed by atoms with Crippen LogP contribution in [0.25, 0.3) is 0 Å². The fraction of sp³-hybridized carbons (Fsp3) is 0.267. The molecule has 1 aromatic carbocycles. The SMILES string of the molecule is CNS(=O)(=O)c1cc(C(=O)NCCc2ccc(N)cc2)c(C)o1.Cl. The first-order valence-corrected chi connectivity index (χ1v) is 8.48. The lowest BCUT2D eigenvalue weighted by atomic mass is 10.1. The normalized spacial score (nSPS) is 10.9. The van der Waals surface area contributed by atoms with E-state index in [-0.39, 0.29) is 34.7 Å². The number of carbonyl (C=O) groups excluding carboxylic acids is 1. The molecular weight excluding hydrogens is 354 g/mol. The number of sulfonamides is 1. The van der Waals surface area contributed by atoms with Gasteiger partial charge in [-0.05, 0) is 38.1 Å². The number of aryl methyl sites for hydroxylation is 1. The van der Waals surface area contributed by atoms with E-state index in [4.69, 9.17) is 10.2 Å². The quantitative estimate of drug-likeness (QED) is 0.663. The average Bonchev–Trinajstić information content (AvgIpc) is 2.92. The van der Waals surface area contributed by atoms with Gasteiger partial charge in [-0.25, -0.2) is 13.1 Å². The third-order valence-electron chi connectivity index (χ3n) is 3.35. The molecule has 0 aliphatic carbocycles. The predicted octanol–water partition coefficient (Wildman–Crippen LogP) is 1.47. The van der Waals surface area contributed by atoms with Gasteiger partial charge in [0.1, 0.15) is 5.76 Å². The van der Waals surface area contributed by atoms with Crippen molar-refractivity contribution in [2.24, 2.45) is 0 Å². The van der Waals surface area contributed by atoms with Crippen LogP contribution in [-0.4, -0.2) is 27.9 Å². The van der Waals surface area contributed by atoms with Gasteiger partial charge in [-0.15, -0.1) is 12.4 Å².